The van der Waals surface area contributed by atoms with Gasteiger partial charge in [-0.2, -0.15) is 0 Å². The maximum absolute atomic E-state index is 12.7. The van der Waals surface area contributed by atoms with Crippen LogP contribution < -0.4 is 14.6 Å². The van der Waals surface area contributed by atoms with E-state index in [9.17, 15) is 14.7 Å². The lowest BCUT2D eigenvalue weighted by Crippen LogP contribution is -2.52. The first-order chi connectivity index (χ1) is 11.8. The predicted molar refractivity (Wildman–Crippen MR) is 98.2 cm³/mol. The molecule has 0 aliphatic carbocycles. The predicted octanol–water partition coefficient (Wildman–Crippen LogP) is 1.68. The molecule has 6 nitrogen and oxygen atoms in total. The summed E-state index contributed by atoms with van der Waals surface area (Å²) in [7, 11) is 3.06. The number of benzene rings is 1. The van der Waals surface area contributed by atoms with Crippen molar-refractivity contribution in [2.45, 2.75) is 19.9 Å². The Hall–Kier alpha value is -2.06. The van der Waals surface area contributed by atoms with Crippen LogP contribution in [0.25, 0.3) is 6.08 Å². The van der Waals surface area contributed by atoms with Crippen LogP contribution in [-0.2, 0) is 9.59 Å². The number of carboxylic acid groups (broad SMARTS) is 1. The van der Waals surface area contributed by atoms with Gasteiger partial charge in [0.15, 0.2) is 0 Å². The second-order valence-corrected chi connectivity index (χ2v) is 7.34. The van der Waals surface area contributed by atoms with Gasteiger partial charge in [-0.15, -0.1) is 0 Å². The number of methoxy groups -OCH3 is 2. The van der Waals surface area contributed by atoms with Crippen LogP contribution in [0.2, 0.25) is 0 Å². The van der Waals surface area contributed by atoms with Crippen molar-refractivity contribution in [1.82, 2.24) is 4.90 Å². The first-order valence-corrected chi connectivity index (χ1v) is 8.72. The van der Waals surface area contributed by atoms with E-state index in [4.69, 9.17) is 21.7 Å². The molecule has 1 heterocycles. The number of thioether (sulfide) groups is 1. The summed E-state index contributed by atoms with van der Waals surface area (Å²) in [5, 5.41) is 11.4. The third-order valence-corrected chi connectivity index (χ3v) is 5.03. The van der Waals surface area contributed by atoms with Gasteiger partial charge in [0.05, 0.1) is 31.1 Å². The molecule has 134 valence electrons. The van der Waals surface area contributed by atoms with E-state index in [1.54, 1.807) is 45.2 Å². The van der Waals surface area contributed by atoms with Crippen LogP contribution in [-0.4, -0.2) is 41.4 Å². The van der Waals surface area contributed by atoms with Crippen LogP contribution in [0.1, 0.15) is 19.4 Å². The van der Waals surface area contributed by atoms with E-state index in [1.165, 1.54) is 7.11 Å². The summed E-state index contributed by atoms with van der Waals surface area (Å²) in [6.45, 7) is 3.41. The Morgan fingerprint density at radius 3 is 2.52 bits per heavy atom. The van der Waals surface area contributed by atoms with Gasteiger partial charge in [-0.3, -0.25) is 9.69 Å². The second-order valence-electron chi connectivity index (χ2n) is 5.67. The van der Waals surface area contributed by atoms with Crippen LogP contribution in [0.5, 0.6) is 11.5 Å². The highest BCUT2D eigenvalue weighted by molar-refractivity contribution is 8.26. The number of carboxylic acids is 1. The average Bonchev–Trinajstić information content (AvgIpc) is 2.82. The second kappa shape index (κ2) is 7.88. The molecule has 0 spiro atoms. The Morgan fingerprint density at radius 2 is 2.00 bits per heavy atom. The molecule has 1 amide bonds. The number of carbonyl (C=O) groups excluding carboxylic acids is 2. The van der Waals surface area contributed by atoms with Gasteiger partial charge in [-0.25, -0.2) is 0 Å². The molecule has 0 radical (unpaired) electrons. The number of aliphatic carboxylic acids is 1. The summed E-state index contributed by atoms with van der Waals surface area (Å²) in [5.74, 6) is -0.948. The van der Waals surface area contributed by atoms with E-state index in [-0.39, 0.29) is 10.2 Å². The van der Waals surface area contributed by atoms with E-state index < -0.39 is 17.9 Å². The molecule has 0 N–H and O–H groups in total. The summed E-state index contributed by atoms with van der Waals surface area (Å²) < 4.78 is 10.7. The maximum atomic E-state index is 12.7. The van der Waals surface area contributed by atoms with Crippen LogP contribution in [0, 0.1) is 5.92 Å². The van der Waals surface area contributed by atoms with E-state index >= 15 is 0 Å². The molecular weight excluding hydrogens is 362 g/mol. The summed E-state index contributed by atoms with van der Waals surface area (Å²) >= 11 is 6.27. The molecule has 1 fully saturated rings. The Kier molecular flexibility index (Phi) is 6.07. The van der Waals surface area contributed by atoms with Crippen molar-refractivity contribution in [3.05, 3.63) is 28.7 Å². The first kappa shape index (κ1) is 19.3. The van der Waals surface area contributed by atoms with E-state index in [0.717, 1.165) is 16.7 Å². The van der Waals surface area contributed by atoms with Gasteiger partial charge in [0.2, 0.25) is 0 Å². The SMILES string of the molecule is COc1ccc(/C=C2\SC(=S)N([C@H](C(=O)[O-])C(C)C)C2=O)c(OC)c1. The number of carbonyl (C=O) groups is 2. The topological polar surface area (TPSA) is 78.9 Å². The number of thiocarbonyl (C=S) groups is 1. The van der Waals surface area contributed by atoms with Crippen molar-refractivity contribution in [3.8, 4) is 11.5 Å². The number of ether oxygens (including phenoxy) is 2. The van der Waals surface area contributed by atoms with Gasteiger partial charge in [0.25, 0.3) is 5.91 Å². The third-order valence-electron chi connectivity index (χ3n) is 3.70. The highest BCUT2D eigenvalue weighted by Crippen LogP contribution is 2.37. The zero-order valence-electron chi connectivity index (χ0n) is 14.3. The van der Waals surface area contributed by atoms with Crippen molar-refractivity contribution < 1.29 is 24.2 Å². The molecule has 1 saturated heterocycles. The molecule has 0 unspecified atom stereocenters. The van der Waals surface area contributed by atoms with Gasteiger partial charge in [-0.1, -0.05) is 37.8 Å². The van der Waals surface area contributed by atoms with Gasteiger partial charge < -0.3 is 19.4 Å². The van der Waals surface area contributed by atoms with Crippen LogP contribution in [0.3, 0.4) is 0 Å². The smallest absolute Gasteiger partial charge is 0.266 e. The molecule has 1 aliphatic heterocycles. The van der Waals surface area contributed by atoms with Gasteiger partial charge in [-0.05, 0) is 24.1 Å². The van der Waals surface area contributed by atoms with Crippen molar-refractivity contribution >= 4 is 46.3 Å². The fourth-order valence-electron chi connectivity index (χ4n) is 2.47. The van der Waals surface area contributed by atoms with Crippen molar-refractivity contribution in [2.24, 2.45) is 5.92 Å². The number of hydrogen-bond donors (Lipinski definition) is 0. The third kappa shape index (κ3) is 3.96. The molecule has 0 aromatic heterocycles. The molecule has 0 bridgehead atoms. The molecule has 1 aromatic carbocycles. The Morgan fingerprint density at radius 1 is 1.32 bits per heavy atom. The van der Waals surface area contributed by atoms with Crippen molar-refractivity contribution in [3.63, 3.8) is 0 Å². The minimum Gasteiger partial charge on any atom is -0.548 e. The fraction of sp³-hybridized carbons (Fsp3) is 0.353. The van der Waals surface area contributed by atoms with Crippen molar-refractivity contribution in [1.29, 1.82) is 0 Å². The van der Waals surface area contributed by atoms with Crippen LogP contribution in [0.4, 0.5) is 0 Å². The summed E-state index contributed by atoms with van der Waals surface area (Å²) in [6, 6.07) is 4.09. The minimum atomic E-state index is -1.32. The lowest BCUT2D eigenvalue weighted by Gasteiger charge is -2.30. The van der Waals surface area contributed by atoms with Gasteiger partial charge in [0, 0.05) is 11.6 Å². The number of nitrogens with zero attached hydrogens (tertiary/aromatic N) is 1. The maximum Gasteiger partial charge on any atom is 0.266 e. The van der Waals surface area contributed by atoms with Crippen LogP contribution >= 0.6 is 24.0 Å². The Balaban J connectivity index is 2.39. The zero-order chi connectivity index (χ0) is 18.7. The Bertz CT molecular complexity index is 745. The average molecular weight is 380 g/mol. The van der Waals surface area contributed by atoms with E-state index in [1.807, 2.05) is 0 Å². The summed E-state index contributed by atoms with van der Waals surface area (Å²) in [5.41, 5.74) is 0.665. The lowest BCUT2D eigenvalue weighted by molar-refractivity contribution is -0.311. The molecule has 0 saturated carbocycles. The monoisotopic (exact) mass is 380 g/mol. The zero-order valence-corrected chi connectivity index (χ0v) is 15.9. The number of amides is 1. The quantitative estimate of drug-likeness (QED) is 0.549. The Labute approximate surface area is 155 Å². The summed E-state index contributed by atoms with van der Waals surface area (Å²) in [6.07, 6.45) is 1.63. The first-order valence-electron chi connectivity index (χ1n) is 7.50. The van der Waals surface area contributed by atoms with Crippen LogP contribution in [0.15, 0.2) is 23.1 Å². The largest absolute Gasteiger partial charge is 0.548 e. The molecule has 1 atom stereocenters. The van der Waals surface area contributed by atoms with Gasteiger partial charge >= 0.3 is 0 Å². The normalized spacial score (nSPS) is 17.3. The minimum absolute atomic E-state index is 0.201. The molecule has 25 heavy (non-hydrogen) atoms. The lowest BCUT2D eigenvalue weighted by atomic mass is 10.0. The molecule has 1 aromatic rings. The summed E-state index contributed by atoms with van der Waals surface area (Å²) in [4.78, 5) is 25.6. The standard InChI is InChI=1S/C17H19NO5S2/c1-9(2)14(16(20)21)18-15(19)13(25-17(18)24)7-10-5-6-11(22-3)8-12(10)23-4/h5-9,14H,1-4H3,(H,20,21)/p-1/b13-7-/t14-/m0/s1. The highest BCUT2D eigenvalue weighted by atomic mass is 32.2. The van der Waals surface area contributed by atoms with E-state index in [0.29, 0.717) is 22.0 Å². The number of hydrogen-bond acceptors (Lipinski definition) is 7. The molecule has 2 rings (SSSR count). The highest BCUT2D eigenvalue weighted by Gasteiger charge is 2.39. The molecule has 8 heteroatoms. The van der Waals surface area contributed by atoms with E-state index in [2.05, 4.69) is 0 Å². The molecular formula is C17H18NO5S2-. The molecule has 1 aliphatic rings. The number of rotatable bonds is 6. The van der Waals surface area contributed by atoms with Crippen molar-refractivity contribution in [2.75, 3.05) is 14.2 Å². The fourth-order valence-corrected chi connectivity index (χ4v) is 3.79. The van der Waals surface area contributed by atoms with Gasteiger partial charge in [0.1, 0.15) is 15.8 Å².